The van der Waals surface area contributed by atoms with E-state index in [1.807, 2.05) is 169 Å². The summed E-state index contributed by atoms with van der Waals surface area (Å²) in [6.45, 7) is 45.0. The highest BCUT2D eigenvalue weighted by Crippen LogP contribution is 1.96. The number of piperidine rings is 1. The number of pyridine rings is 1. The molecule has 0 saturated carbocycles. The Morgan fingerprint density at radius 2 is 0.592 bits per heavy atom. The molecule has 0 unspecified atom stereocenters. The normalized spacial score (nSPS) is 10.7. The first-order valence-electron chi connectivity index (χ1n) is 20.5. The van der Waals surface area contributed by atoms with Crippen LogP contribution in [0.3, 0.4) is 0 Å². The molecule has 298 valence electrons. The maximum absolute atomic E-state index is 3.78. The minimum absolute atomic E-state index is 1.08. The van der Waals surface area contributed by atoms with Gasteiger partial charge in [-0.2, -0.15) is 0 Å². The van der Waals surface area contributed by atoms with Crippen molar-refractivity contribution in [1.29, 1.82) is 0 Å². The third kappa shape index (κ3) is 123. The van der Waals surface area contributed by atoms with E-state index in [1.54, 1.807) is 37.2 Å². The number of rotatable bonds is 0. The standard InChI is InChI=1S/C5H11N.C5H7N.C5H5N.C4H4N2.C4H9N.10C2H6/c3*1-2-4-6-5-3-1;1-2-6-4-3-5-1;1-2-4-5-3-1;10*1-2/h6H,1-5H2;2-6H,1H2;1-5H;1-4H;5H,1-4H2;10*1-2H3. The van der Waals surface area contributed by atoms with Gasteiger partial charge >= 0.3 is 0 Å². The predicted octanol–water partition coefficient (Wildman–Crippen LogP) is 14.0. The van der Waals surface area contributed by atoms with Crippen LogP contribution in [0.15, 0.2) is 79.9 Å². The maximum Gasteiger partial charge on any atom is 0.0451 e. The number of nitrogens with one attached hydrogen (secondary N) is 3. The molecule has 2 saturated heterocycles. The average molecular weight is 697 g/mol. The Hall–Kier alpha value is -2.57. The summed E-state index contributed by atoms with van der Waals surface area (Å²) in [5, 5.41) is 9.43. The van der Waals surface area contributed by atoms with Crippen molar-refractivity contribution in [2.45, 2.75) is 177 Å². The fraction of sp³-hybridized carbons (Fsp3) is 0.698. The zero-order valence-corrected chi connectivity index (χ0v) is 37.4. The lowest BCUT2D eigenvalue weighted by Crippen LogP contribution is -2.21. The second kappa shape index (κ2) is 128. The van der Waals surface area contributed by atoms with Gasteiger partial charge in [0, 0.05) is 37.2 Å². The monoisotopic (exact) mass is 697 g/mol. The fourth-order valence-electron chi connectivity index (χ4n) is 2.40. The topological polar surface area (TPSA) is 74.8 Å². The minimum Gasteiger partial charge on any atom is -0.368 e. The van der Waals surface area contributed by atoms with Gasteiger partial charge in [-0.25, -0.2) is 0 Å². The third-order valence-corrected chi connectivity index (χ3v) is 3.91. The van der Waals surface area contributed by atoms with Crippen molar-refractivity contribution in [3.8, 4) is 0 Å². The Kier molecular flexibility index (Phi) is 189. The number of hydrogen-bond acceptors (Lipinski definition) is 6. The van der Waals surface area contributed by atoms with E-state index in [0.717, 1.165) is 6.42 Å². The summed E-state index contributed by atoms with van der Waals surface area (Å²) in [7, 11) is 0. The number of hydrogen-bond donors (Lipinski definition) is 3. The van der Waals surface area contributed by atoms with E-state index in [2.05, 4.69) is 43.1 Å². The van der Waals surface area contributed by atoms with Crippen molar-refractivity contribution in [1.82, 2.24) is 30.9 Å². The summed E-state index contributed by atoms with van der Waals surface area (Å²) < 4.78 is 0. The minimum atomic E-state index is 1.08. The van der Waals surface area contributed by atoms with E-state index in [0.29, 0.717) is 0 Å². The van der Waals surface area contributed by atoms with Gasteiger partial charge in [-0.3, -0.25) is 15.0 Å². The molecule has 0 spiro atoms. The maximum atomic E-state index is 3.78. The van der Waals surface area contributed by atoms with Gasteiger partial charge in [0.1, 0.15) is 0 Å². The second-order valence-electron chi connectivity index (χ2n) is 6.39. The van der Waals surface area contributed by atoms with E-state index in [9.17, 15) is 0 Å². The molecule has 5 heterocycles. The van der Waals surface area contributed by atoms with Crippen LogP contribution in [0.4, 0.5) is 0 Å². The van der Waals surface area contributed by atoms with Crippen LogP contribution in [-0.4, -0.2) is 41.1 Å². The molecule has 49 heavy (non-hydrogen) atoms. The molecule has 3 N–H and O–H groups in total. The Morgan fingerprint density at radius 3 is 0.694 bits per heavy atom. The van der Waals surface area contributed by atoms with Gasteiger partial charge in [0.15, 0.2) is 0 Å². The number of dihydropyridines is 1. The lowest BCUT2D eigenvalue weighted by atomic mass is 10.2. The van der Waals surface area contributed by atoms with E-state index >= 15 is 0 Å². The summed E-state index contributed by atoms with van der Waals surface area (Å²) in [5.74, 6) is 0. The van der Waals surface area contributed by atoms with Crippen molar-refractivity contribution in [3.63, 3.8) is 0 Å². The molecule has 6 nitrogen and oxygen atoms in total. The van der Waals surface area contributed by atoms with Gasteiger partial charge in [-0.05, 0) is 82.8 Å². The fourth-order valence-corrected chi connectivity index (χ4v) is 2.40. The molecular formula is C43H96N6. The lowest BCUT2D eigenvalue weighted by molar-refractivity contribution is 0.520. The smallest absolute Gasteiger partial charge is 0.0451 e. The summed E-state index contributed by atoms with van der Waals surface area (Å²) in [6.07, 6.45) is 26.1. The van der Waals surface area contributed by atoms with Crippen molar-refractivity contribution in [2.75, 3.05) is 26.2 Å². The van der Waals surface area contributed by atoms with Gasteiger partial charge in [0.25, 0.3) is 0 Å². The van der Waals surface area contributed by atoms with Gasteiger partial charge in [-0.15, -0.1) is 0 Å². The second-order valence-corrected chi connectivity index (χ2v) is 6.39. The Bertz CT molecular complexity index is 462. The molecule has 0 aromatic carbocycles. The summed E-state index contributed by atoms with van der Waals surface area (Å²) in [5.41, 5.74) is 0. The quantitative estimate of drug-likeness (QED) is 0.255. The molecule has 2 aromatic rings. The molecule has 0 amide bonds. The number of nitrogens with zero attached hydrogens (tertiary/aromatic N) is 3. The first-order chi connectivity index (χ1) is 24.5. The van der Waals surface area contributed by atoms with Crippen molar-refractivity contribution in [3.05, 3.63) is 79.9 Å². The molecule has 0 aliphatic carbocycles. The van der Waals surface area contributed by atoms with Crippen LogP contribution in [0, 0.1) is 0 Å². The Labute approximate surface area is 313 Å². The van der Waals surface area contributed by atoms with Crippen molar-refractivity contribution >= 4 is 0 Å². The van der Waals surface area contributed by atoms with E-state index in [-0.39, 0.29) is 0 Å². The van der Waals surface area contributed by atoms with Crippen LogP contribution < -0.4 is 16.0 Å². The molecule has 3 aliphatic rings. The van der Waals surface area contributed by atoms with E-state index in [4.69, 9.17) is 0 Å². The molecule has 3 aliphatic heterocycles. The summed E-state index contributed by atoms with van der Waals surface area (Å²) in [6, 6.07) is 5.72. The van der Waals surface area contributed by atoms with Gasteiger partial charge in [0.2, 0.25) is 0 Å². The molecule has 5 rings (SSSR count). The Morgan fingerprint density at radius 1 is 0.327 bits per heavy atom. The molecule has 0 radical (unpaired) electrons. The predicted molar refractivity (Wildman–Crippen MR) is 235 cm³/mol. The molecule has 2 aromatic heterocycles. The largest absolute Gasteiger partial charge is 0.368 e. The van der Waals surface area contributed by atoms with Crippen LogP contribution in [0.25, 0.3) is 0 Å². The van der Waals surface area contributed by atoms with Crippen LogP contribution in [0.1, 0.15) is 177 Å². The average Bonchev–Trinajstić information content (AvgIpc) is 3.89. The van der Waals surface area contributed by atoms with Crippen molar-refractivity contribution in [2.24, 2.45) is 0 Å². The zero-order valence-electron chi connectivity index (χ0n) is 37.4. The van der Waals surface area contributed by atoms with Gasteiger partial charge < -0.3 is 16.0 Å². The first kappa shape index (κ1) is 72.2. The highest BCUT2D eigenvalue weighted by Gasteiger charge is 1.94. The molecular weight excluding hydrogens is 601 g/mol. The van der Waals surface area contributed by atoms with Crippen LogP contribution in [0.5, 0.6) is 0 Å². The molecule has 2 fully saturated rings. The summed E-state index contributed by atoms with van der Waals surface area (Å²) in [4.78, 5) is 11.2. The highest BCUT2D eigenvalue weighted by atomic mass is 14.9. The van der Waals surface area contributed by atoms with Gasteiger partial charge in [0.05, 0.1) is 0 Å². The van der Waals surface area contributed by atoms with Crippen LogP contribution in [-0.2, 0) is 0 Å². The first-order valence-corrected chi connectivity index (χ1v) is 20.5. The third-order valence-electron chi connectivity index (χ3n) is 3.91. The Balaban J connectivity index is -0.0000000431. The molecule has 0 bridgehead atoms. The summed E-state index contributed by atoms with van der Waals surface area (Å²) >= 11 is 0. The lowest BCUT2D eigenvalue weighted by Gasteiger charge is -2.08. The van der Waals surface area contributed by atoms with Gasteiger partial charge in [-0.1, -0.05) is 163 Å². The molecule has 6 heteroatoms. The van der Waals surface area contributed by atoms with Crippen LogP contribution in [0.2, 0.25) is 0 Å². The van der Waals surface area contributed by atoms with E-state index < -0.39 is 0 Å². The number of aromatic nitrogens is 3. The zero-order chi connectivity index (χ0) is 40.5. The SMILES string of the molecule is C1=CNC=CC1.C1CCNC1.C1CCNCC1.CC.CC.CC.CC.CC.CC.CC.CC.CC.CC.c1ccncc1.c1cnccn1. The van der Waals surface area contributed by atoms with Crippen LogP contribution >= 0.6 is 0 Å². The van der Waals surface area contributed by atoms with Crippen molar-refractivity contribution < 1.29 is 0 Å². The number of allylic oxidation sites excluding steroid dienone is 2. The highest BCUT2D eigenvalue weighted by molar-refractivity contribution is 4.98. The molecule has 0 atom stereocenters. The van der Waals surface area contributed by atoms with E-state index in [1.165, 1.54) is 58.3 Å².